The number of benzene rings is 1. The maximum absolute atomic E-state index is 12.9. The maximum atomic E-state index is 12.9. The van der Waals surface area contributed by atoms with E-state index in [1.807, 2.05) is 0 Å². The number of carbonyl (C=O) groups excluding carboxylic acids is 1. The third kappa shape index (κ3) is 4.19. The number of halogens is 4. The molecular formula is C13H16F4N2O. The first-order chi connectivity index (χ1) is 9.12. The van der Waals surface area contributed by atoms with Gasteiger partial charge in [0.2, 0.25) is 5.91 Å². The molecule has 20 heavy (non-hydrogen) atoms. The molecule has 3 nitrogen and oxygen atoms in total. The van der Waals surface area contributed by atoms with E-state index in [1.165, 1.54) is 0 Å². The second kappa shape index (κ2) is 6.21. The van der Waals surface area contributed by atoms with Gasteiger partial charge in [0.05, 0.1) is 11.6 Å². The van der Waals surface area contributed by atoms with Gasteiger partial charge in [0.25, 0.3) is 0 Å². The number of nitrogens with one attached hydrogen (secondary N) is 1. The fourth-order valence-corrected chi connectivity index (χ4v) is 1.57. The van der Waals surface area contributed by atoms with E-state index in [-0.39, 0.29) is 18.0 Å². The minimum absolute atomic E-state index is 0.134. The molecule has 112 valence electrons. The third-order valence-electron chi connectivity index (χ3n) is 2.85. The van der Waals surface area contributed by atoms with Gasteiger partial charge in [0.1, 0.15) is 5.82 Å². The molecule has 0 unspecified atom stereocenters. The summed E-state index contributed by atoms with van der Waals surface area (Å²) in [6, 6.07) is 1.52. The summed E-state index contributed by atoms with van der Waals surface area (Å²) >= 11 is 0. The van der Waals surface area contributed by atoms with Crippen molar-refractivity contribution in [1.82, 2.24) is 5.32 Å². The van der Waals surface area contributed by atoms with Crippen LogP contribution in [0, 0.1) is 11.7 Å². The molecule has 0 saturated carbocycles. The van der Waals surface area contributed by atoms with E-state index in [4.69, 9.17) is 5.73 Å². The Hall–Kier alpha value is -1.63. The van der Waals surface area contributed by atoms with Gasteiger partial charge in [-0.05, 0) is 23.6 Å². The third-order valence-corrected chi connectivity index (χ3v) is 2.85. The summed E-state index contributed by atoms with van der Waals surface area (Å²) in [5, 5.41) is 2.33. The Morgan fingerprint density at radius 2 is 1.95 bits per heavy atom. The highest BCUT2D eigenvalue weighted by Gasteiger charge is 2.33. The average Bonchev–Trinajstić information content (AvgIpc) is 2.34. The van der Waals surface area contributed by atoms with Gasteiger partial charge < -0.3 is 11.1 Å². The molecule has 0 aliphatic heterocycles. The first-order valence-corrected chi connectivity index (χ1v) is 6.02. The molecule has 1 atom stereocenters. The van der Waals surface area contributed by atoms with Crippen LogP contribution in [0.5, 0.6) is 0 Å². The standard InChI is InChI=1S/C13H16F4N2O/c1-7(2)11(18)12(20)19-6-8-3-4-9(14)5-10(8)13(15,16)17/h3-5,7,11H,6,18H2,1-2H3,(H,19,20)/t11-/m0/s1. The predicted octanol–water partition coefficient (Wildman–Crippen LogP) is 2.44. The summed E-state index contributed by atoms with van der Waals surface area (Å²) < 4.78 is 51.1. The summed E-state index contributed by atoms with van der Waals surface area (Å²) in [6.45, 7) is 3.10. The molecule has 0 bridgehead atoms. The Morgan fingerprint density at radius 3 is 2.45 bits per heavy atom. The van der Waals surface area contributed by atoms with E-state index in [1.54, 1.807) is 13.8 Å². The zero-order chi connectivity index (χ0) is 15.5. The number of amides is 1. The van der Waals surface area contributed by atoms with Crippen LogP contribution in [0.25, 0.3) is 0 Å². The van der Waals surface area contributed by atoms with Gasteiger partial charge in [0, 0.05) is 6.54 Å². The highest BCUT2D eigenvalue weighted by atomic mass is 19.4. The van der Waals surface area contributed by atoms with Crippen molar-refractivity contribution >= 4 is 5.91 Å². The topological polar surface area (TPSA) is 55.1 Å². The van der Waals surface area contributed by atoms with Crippen molar-refractivity contribution < 1.29 is 22.4 Å². The van der Waals surface area contributed by atoms with Crippen LogP contribution >= 0.6 is 0 Å². The van der Waals surface area contributed by atoms with Crippen molar-refractivity contribution in [1.29, 1.82) is 0 Å². The second-order valence-electron chi connectivity index (χ2n) is 4.79. The van der Waals surface area contributed by atoms with Crippen LogP contribution in [0.1, 0.15) is 25.0 Å². The van der Waals surface area contributed by atoms with E-state index in [0.717, 1.165) is 12.1 Å². The van der Waals surface area contributed by atoms with Crippen LogP contribution in [0.3, 0.4) is 0 Å². The minimum atomic E-state index is -4.68. The zero-order valence-electron chi connectivity index (χ0n) is 11.1. The second-order valence-corrected chi connectivity index (χ2v) is 4.79. The lowest BCUT2D eigenvalue weighted by atomic mass is 10.0. The molecule has 0 aliphatic carbocycles. The van der Waals surface area contributed by atoms with Gasteiger partial charge in [-0.25, -0.2) is 4.39 Å². The van der Waals surface area contributed by atoms with Crippen LogP contribution < -0.4 is 11.1 Å². The molecule has 0 spiro atoms. The van der Waals surface area contributed by atoms with Crippen molar-refractivity contribution in [2.24, 2.45) is 11.7 Å². The van der Waals surface area contributed by atoms with Gasteiger partial charge in [0.15, 0.2) is 0 Å². The van der Waals surface area contributed by atoms with Crippen molar-refractivity contribution in [2.45, 2.75) is 32.6 Å². The smallest absolute Gasteiger partial charge is 0.351 e. The van der Waals surface area contributed by atoms with Crippen LogP contribution in [0.2, 0.25) is 0 Å². The van der Waals surface area contributed by atoms with Crippen molar-refractivity contribution in [3.63, 3.8) is 0 Å². The monoisotopic (exact) mass is 292 g/mol. The molecule has 1 aromatic carbocycles. The largest absolute Gasteiger partial charge is 0.416 e. The first kappa shape index (κ1) is 16.4. The summed E-state index contributed by atoms with van der Waals surface area (Å²) in [7, 11) is 0. The molecule has 0 aliphatic rings. The molecule has 0 radical (unpaired) electrons. The Labute approximate surface area is 114 Å². The van der Waals surface area contributed by atoms with Gasteiger partial charge >= 0.3 is 6.18 Å². The highest BCUT2D eigenvalue weighted by Crippen LogP contribution is 2.32. The van der Waals surface area contributed by atoms with E-state index in [2.05, 4.69) is 5.32 Å². The molecular weight excluding hydrogens is 276 g/mol. The Balaban J connectivity index is 2.86. The number of carbonyl (C=O) groups is 1. The summed E-state index contributed by atoms with van der Waals surface area (Å²) in [4.78, 5) is 11.6. The number of nitrogens with two attached hydrogens (primary N) is 1. The Bertz CT molecular complexity index is 486. The van der Waals surface area contributed by atoms with E-state index in [0.29, 0.717) is 6.07 Å². The fraction of sp³-hybridized carbons (Fsp3) is 0.462. The lowest BCUT2D eigenvalue weighted by Gasteiger charge is -2.17. The fourth-order valence-electron chi connectivity index (χ4n) is 1.57. The summed E-state index contributed by atoms with van der Waals surface area (Å²) in [5.74, 6) is -1.66. The molecule has 1 amide bonds. The summed E-state index contributed by atoms with van der Waals surface area (Å²) in [6.07, 6.45) is -4.68. The van der Waals surface area contributed by atoms with Crippen LogP contribution in [-0.4, -0.2) is 11.9 Å². The van der Waals surface area contributed by atoms with Gasteiger partial charge in [-0.2, -0.15) is 13.2 Å². The molecule has 0 fully saturated rings. The molecule has 1 rings (SSSR count). The molecule has 0 heterocycles. The van der Waals surface area contributed by atoms with Gasteiger partial charge in [-0.3, -0.25) is 4.79 Å². The van der Waals surface area contributed by atoms with Gasteiger partial charge in [-0.1, -0.05) is 19.9 Å². The lowest BCUT2D eigenvalue weighted by Crippen LogP contribution is -2.43. The number of hydrogen-bond donors (Lipinski definition) is 2. The van der Waals surface area contributed by atoms with Crippen molar-refractivity contribution in [3.8, 4) is 0 Å². The Kier molecular flexibility index (Phi) is 5.10. The molecule has 3 N–H and O–H groups in total. The predicted molar refractivity (Wildman–Crippen MR) is 66.1 cm³/mol. The average molecular weight is 292 g/mol. The lowest BCUT2D eigenvalue weighted by molar-refractivity contribution is -0.138. The maximum Gasteiger partial charge on any atom is 0.416 e. The number of hydrogen-bond acceptors (Lipinski definition) is 2. The van der Waals surface area contributed by atoms with Crippen molar-refractivity contribution in [2.75, 3.05) is 0 Å². The van der Waals surface area contributed by atoms with Crippen LogP contribution in [0.15, 0.2) is 18.2 Å². The molecule has 0 saturated heterocycles. The van der Waals surface area contributed by atoms with Crippen molar-refractivity contribution in [3.05, 3.63) is 35.1 Å². The highest BCUT2D eigenvalue weighted by molar-refractivity contribution is 5.81. The number of alkyl halides is 3. The first-order valence-electron chi connectivity index (χ1n) is 6.02. The van der Waals surface area contributed by atoms with E-state index < -0.39 is 29.5 Å². The minimum Gasteiger partial charge on any atom is -0.351 e. The zero-order valence-corrected chi connectivity index (χ0v) is 11.1. The van der Waals surface area contributed by atoms with Crippen LogP contribution in [-0.2, 0) is 17.5 Å². The molecule has 7 heteroatoms. The van der Waals surface area contributed by atoms with E-state index >= 15 is 0 Å². The normalized spacial score (nSPS) is 13.4. The number of rotatable bonds is 4. The molecule has 0 aromatic heterocycles. The molecule has 1 aromatic rings. The quantitative estimate of drug-likeness (QED) is 0.838. The Morgan fingerprint density at radius 1 is 1.35 bits per heavy atom. The van der Waals surface area contributed by atoms with E-state index in [9.17, 15) is 22.4 Å². The van der Waals surface area contributed by atoms with Gasteiger partial charge in [-0.15, -0.1) is 0 Å². The van der Waals surface area contributed by atoms with Crippen LogP contribution in [0.4, 0.5) is 17.6 Å². The SMILES string of the molecule is CC(C)[C@H](N)C(=O)NCc1ccc(F)cc1C(F)(F)F. The summed E-state index contributed by atoms with van der Waals surface area (Å²) in [5.41, 5.74) is 4.27.